The van der Waals surface area contributed by atoms with Crippen molar-refractivity contribution in [2.45, 2.75) is 11.3 Å². The van der Waals surface area contributed by atoms with Crippen LogP contribution in [0.3, 0.4) is 0 Å². The molecule has 1 N–H and O–H groups in total. The third-order valence-corrected chi connectivity index (χ3v) is 5.67. The SMILES string of the molecule is Cn1c(SCC(=O)Nc2ccc(Br)cc2)nnc1C1COc2ccccc2O1. The van der Waals surface area contributed by atoms with Crippen LogP contribution in [-0.4, -0.2) is 33.0 Å². The number of nitrogens with one attached hydrogen (secondary N) is 1. The summed E-state index contributed by atoms with van der Waals surface area (Å²) in [6, 6.07) is 15.0. The van der Waals surface area contributed by atoms with Gasteiger partial charge in [0, 0.05) is 17.2 Å². The van der Waals surface area contributed by atoms with Crippen LogP contribution in [0.5, 0.6) is 11.5 Å². The van der Waals surface area contributed by atoms with Gasteiger partial charge in [-0.3, -0.25) is 4.79 Å². The van der Waals surface area contributed by atoms with Crippen LogP contribution >= 0.6 is 27.7 Å². The van der Waals surface area contributed by atoms with E-state index in [1.807, 2.05) is 60.1 Å². The van der Waals surface area contributed by atoms with E-state index < -0.39 is 0 Å². The van der Waals surface area contributed by atoms with Gasteiger partial charge in [0.05, 0.1) is 5.75 Å². The van der Waals surface area contributed by atoms with Gasteiger partial charge in [0.25, 0.3) is 0 Å². The molecule has 1 amide bonds. The Morgan fingerprint density at radius 3 is 2.75 bits per heavy atom. The first kappa shape index (κ1) is 18.8. The van der Waals surface area contributed by atoms with Crippen LogP contribution in [0.15, 0.2) is 58.2 Å². The van der Waals surface area contributed by atoms with Crippen LogP contribution in [0.1, 0.15) is 11.9 Å². The molecule has 0 fully saturated rings. The smallest absolute Gasteiger partial charge is 0.234 e. The van der Waals surface area contributed by atoms with E-state index in [-0.39, 0.29) is 17.8 Å². The summed E-state index contributed by atoms with van der Waals surface area (Å²) < 4.78 is 14.5. The van der Waals surface area contributed by atoms with E-state index in [2.05, 4.69) is 31.4 Å². The Bertz CT molecular complexity index is 993. The van der Waals surface area contributed by atoms with E-state index in [1.165, 1.54) is 11.8 Å². The van der Waals surface area contributed by atoms with Gasteiger partial charge in [-0.05, 0) is 36.4 Å². The van der Waals surface area contributed by atoms with Crippen LogP contribution in [0, 0.1) is 0 Å². The predicted octanol–water partition coefficient (Wildman–Crippen LogP) is 3.82. The normalized spacial score (nSPS) is 15.3. The highest BCUT2D eigenvalue weighted by Crippen LogP contribution is 2.35. The maximum atomic E-state index is 12.2. The third-order valence-electron chi connectivity index (χ3n) is 4.13. The van der Waals surface area contributed by atoms with Crippen LogP contribution < -0.4 is 14.8 Å². The lowest BCUT2D eigenvalue weighted by Crippen LogP contribution is -2.24. The number of benzene rings is 2. The monoisotopic (exact) mass is 460 g/mol. The number of ether oxygens (including phenoxy) is 2. The van der Waals surface area contributed by atoms with Crippen LogP contribution in [0.4, 0.5) is 5.69 Å². The lowest BCUT2D eigenvalue weighted by atomic mass is 10.2. The van der Waals surface area contributed by atoms with Gasteiger partial charge in [-0.2, -0.15) is 0 Å². The number of aromatic nitrogens is 3. The minimum Gasteiger partial charge on any atom is -0.485 e. The van der Waals surface area contributed by atoms with Crippen molar-refractivity contribution in [1.82, 2.24) is 14.8 Å². The summed E-state index contributed by atoms with van der Waals surface area (Å²) >= 11 is 4.69. The summed E-state index contributed by atoms with van der Waals surface area (Å²) in [5.41, 5.74) is 0.749. The summed E-state index contributed by atoms with van der Waals surface area (Å²) in [6.45, 7) is 0.359. The van der Waals surface area contributed by atoms with Crippen molar-refractivity contribution in [3.8, 4) is 11.5 Å². The molecule has 2 aromatic carbocycles. The molecule has 0 spiro atoms. The Morgan fingerprint density at radius 1 is 1.21 bits per heavy atom. The van der Waals surface area contributed by atoms with Gasteiger partial charge >= 0.3 is 0 Å². The van der Waals surface area contributed by atoms with Crippen molar-refractivity contribution >= 4 is 39.3 Å². The molecule has 1 atom stereocenters. The molecule has 2 heterocycles. The van der Waals surface area contributed by atoms with E-state index in [0.717, 1.165) is 15.9 Å². The second kappa shape index (κ2) is 8.24. The van der Waals surface area contributed by atoms with Gasteiger partial charge in [0.15, 0.2) is 28.6 Å². The fourth-order valence-corrected chi connectivity index (χ4v) is 3.72. The van der Waals surface area contributed by atoms with E-state index in [4.69, 9.17) is 9.47 Å². The molecular formula is C19H17BrN4O3S. The van der Waals surface area contributed by atoms with Gasteiger partial charge < -0.3 is 19.4 Å². The molecule has 3 aromatic rings. The Morgan fingerprint density at radius 2 is 1.96 bits per heavy atom. The highest BCUT2D eigenvalue weighted by molar-refractivity contribution is 9.10. The maximum Gasteiger partial charge on any atom is 0.234 e. The number of para-hydroxylation sites is 2. The number of carbonyl (C=O) groups is 1. The van der Waals surface area contributed by atoms with Gasteiger partial charge in [-0.15, -0.1) is 10.2 Å². The zero-order valence-electron chi connectivity index (χ0n) is 15.0. The molecule has 7 nitrogen and oxygen atoms in total. The highest BCUT2D eigenvalue weighted by atomic mass is 79.9. The molecule has 144 valence electrons. The number of halogens is 1. The number of rotatable bonds is 5. The van der Waals surface area contributed by atoms with E-state index >= 15 is 0 Å². The van der Waals surface area contributed by atoms with Crippen LogP contribution in [0.25, 0.3) is 0 Å². The Hall–Kier alpha value is -2.52. The molecule has 0 aliphatic carbocycles. The Labute approximate surface area is 174 Å². The first-order valence-electron chi connectivity index (χ1n) is 8.56. The molecule has 1 aromatic heterocycles. The lowest BCUT2D eigenvalue weighted by Gasteiger charge is -2.25. The first-order valence-corrected chi connectivity index (χ1v) is 10.3. The van der Waals surface area contributed by atoms with Crippen molar-refractivity contribution < 1.29 is 14.3 Å². The lowest BCUT2D eigenvalue weighted by molar-refractivity contribution is -0.113. The molecule has 9 heteroatoms. The van der Waals surface area contributed by atoms with Gasteiger partial charge in [-0.1, -0.05) is 39.8 Å². The number of anilines is 1. The molecule has 1 unspecified atom stereocenters. The van der Waals surface area contributed by atoms with Crippen molar-refractivity contribution in [2.24, 2.45) is 7.05 Å². The fraction of sp³-hybridized carbons (Fsp3) is 0.211. The zero-order chi connectivity index (χ0) is 19.5. The fourth-order valence-electron chi connectivity index (χ4n) is 2.74. The van der Waals surface area contributed by atoms with Gasteiger partial charge in [0.1, 0.15) is 6.61 Å². The highest BCUT2D eigenvalue weighted by Gasteiger charge is 2.27. The molecule has 28 heavy (non-hydrogen) atoms. The molecule has 0 bridgehead atoms. The number of fused-ring (bicyclic) bond motifs is 1. The second-order valence-corrected chi connectivity index (χ2v) is 7.97. The number of hydrogen-bond acceptors (Lipinski definition) is 6. The standard InChI is InChI=1S/C19H17BrN4O3S/c1-24-18(16-10-26-14-4-2-3-5-15(14)27-16)22-23-19(24)28-11-17(25)21-13-8-6-12(20)7-9-13/h2-9,16H,10-11H2,1H3,(H,21,25). The number of hydrogen-bond donors (Lipinski definition) is 1. The maximum absolute atomic E-state index is 12.2. The molecule has 1 aliphatic rings. The van der Waals surface area contributed by atoms with Crippen molar-refractivity contribution in [2.75, 3.05) is 17.7 Å². The summed E-state index contributed by atoms with van der Waals surface area (Å²) in [7, 11) is 1.86. The second-order valence-electron chi connectivity index (χ2n) is 6.11. The third kappa shape index (κ3) is 4.15. The minimum absolute atomic E-state index is 0.108. The minimum atomic E-state index is -0.349. The number of amides is 1. The molecule has 0 radical (unpaired) electrons. The number of carbonyl (C=O) groups excluding carboxylic acids is 1. The topological polar surface area (TPSA) is 78.3 Å². The van der Waals surface area contributed by atoms with Gasteiger partial charge in [0.2, 0.25) is 5.91 Å². The molecular weight excluding hydrogens is 444 g/mol. The van der Waals surface area contributed by atoms with Crippen LogP contribution in [-0.2, 0) is 11.8 Å². The molecule has 0 saturated heterocycles. The van der Waals surface area contributed by atoms with Crippen molar-refractivity contribution in [3.63, 3.8) is 0 Å². The summed E-state index contributed by atoms with van der Waals surface area (Å²) in [5, 5.41) is 11.9. The largest absolute Gasteiger partial charge is 0.485 e. The Balaban J connectivity index is 1.37. The van der Waals surface area contributed by atoms with E-state index in [0.29, 0.717) is 23.3 Å². The summed E-state index contributed by atoms with van der Waals surface area (Å²) in [6.07, 6.45) is -0.349. The van der Waals surface area contributed by atoms with Crippen molar-refractivity contribution in [1.29, 1.82) is 0 Å². The summed E-state index contributed by atoms with van der Waals surface area (Å²) in [4.78, 5) is 12.2. The Kier molecular flexibility index (Phi) is 5.54. The number of thioether (sulfide) groups is 1. The molecule has 4 rings (SSSR count). The number of nitrogens with zero attached hydrogens (tertiary/aromatic N) is 3. The average Bonchev–Trinajstić information content (AvgIpc) is 3.08. The van der Waals surface area contributed by atoms with Crippen molar-refractivity contribution in [3.05, 3.63) is 58.8 Å². The summed E-state index contributed by atoms with van der Waals surface area (Å²) in [5.74, 6) is 2.19. The van der Waals surface area contributed by atoms with Crippen LogP contribution in [0.2, 0.25) is 0 Å². The van der Waals surface area contributed by atoms with E-state index in [1.54, 1.807) is 0 Å². The van der Waals surface area contributed by atoms with E-state index in [9.17, 15) is 4.79 Å². The zero-order valence-corrected chi connectivity index (χ0v) is 17.4. The quantitative estimate of drug-likeness (QED) is 0.583. The first-order chi connectivity index (χ1) is 13.6. The average molecular weight is 461 g/mol. The molecule has 0 saturated carbocycles. The predicted molar refractivity (Wildman–Crippen MR) is 110 cm³/mol. The molecule has 1 aliphatic heterocycles. The van der Waals surface area contributed by atoms with Gasteiger partial charge in [-0.25, -0.2) is 0 Å².